The molecule has 0 aliphatic rings. The summed E-state index contributed by atoms with van der Waals surface area (Å²) in [6.07, 6.45) is -1.57. The molecule has 1 atom stereocenters. The zero-order chi connectivity index (χ0) is 9.44. The summed E-state index contributed by atoms with van der Waals surface area (Å²) in [7, 11) is 0. The number of carbonyl (C=O) groups excluding carboxylic acids is 1. The molecule has 0 spiro atoms. The normalized spacial score (nSPS) is 11.7. The number of hydrogen-bond acceptors (Lipinski definition) is 4. The molecule has 0 fully saturated rings. The smallest absolute Gasteiger partial charge is 0.153 e. The van der Waals surface area contributed by atoms with Gasteiger partial charge < -0.3 is 15.9 Å². The topological polar surface area (TPSA) is 83.6 Å². The Bertz CT molecular complexity index is 114. The summed E-state index contributed by atoms with van der Waals surface area (Å²) in [5, 5.41) is 16.6. The van der Waals surface area contributed by atoms with Crippen LogP contribution < -0.4 is 5.73 Å². The lowest BCUT2D eigenvalue weighted by Gasteiger charge is -2.07. The summed E-state index contributed by atoms with van der Waals surface area (Å²) in [6, 6.07) is -0.745. The van der Waals surface area contributed by atoms with Crippen molar-refractivity contribution in [3.05, 3.63) is 13.2 Å². The Hall–Kier alpha value is -0.710. The van der Waals surface area contributed by atoms with Crippen LogP contribution in [0.2, 0.25) is 0 Å². The van der Waals surface area contributed by atoms with Gasteiger partial charge in [0, 0.05) is 6.42 Å². The van der Waals surface area contributed by atoms with Crippen molar-refractivity contribution in [3.63, 3.8) is 0 Å². The summed E-state index contributed by atoms with van der Waals surface area (Å²) in [5.41, 5.74) is 5.15. The maximum atomic E-state index is 10.3. The highest BCUT2D eigenvalue weighted by atomic mass is 16.5. The number of ketones is 1. The lowest BCUT2D eigenvalue weighted by Crippen LogP contribution is -2.32. The van der Waals surface area contributed by atoms with E-state index < -0.39 is 12.3 Å². The molecule has 0 rings (SSSR count). The van der Waals surface area contributed by atoms with E-state index in [0.717, 1.165) is 0 Å². The van der Waals surface area contributed by atoms with Gasteiger partial charge in [-0.1, -0.05) is 0 Å². The molecule has 0 aliphatic carbocycles. The van der Waals surface area contributed by atoms with E-state index in [9.17, 15) is 4.79 Å². The molecule has 11 heavy (non-hydrogen) atoms. The minimum Gasteiger partial charge on any atom is -0.368 e. The second kappa shape index (κ2) is 7.40. The van der Waals surface area contributed by atoms with Crippen LogP contribution in [0.1, 0.15) is 13.3 Å². The Kier molecular flexibility index (Phi) is 8.69. The van der Waals surface area contributed by atoms with E-state index in [1.165, 1.54) is 6.92 Å². The number of aliphatic hydroxyl groups excluding tert-OH is 1. The second-order valence-electron chi connectivity index (χ2n) is 1.93. The van der Waals surface area contributed by atoms with E-state index >= 15 is 0 Å². The largest absolute Gasteiger partial charge is 0.368 e. The van der Waals surface area contributed by atoms with E-state index in [1.54, 1.807) is 0 Å². The molecule has 0 aromatic heterocycles. The lowest BCUT2D eigenvalue weighted by atomic mass is 10.1. The third-order valence-corrected chi connectivity index (χ3v) is 0.987. The van der Waals surface area contributed by atoms with Crippen molar-refractivity contribution >= 4 is 5.78 Å². The van der Waals surface area contributed by atoms with Crippen molar-refractivity contribution < 1.29 is 15.0 Å². The second-order valence-corrected chi connectivity index (χ2v) is 1.93. The lowest BCUT2D eigenvalue weighted by molar-refractivity contribution is -0.121. The molecule has 0 aliphatic heterocycles. The van der Waals surface area contributed by atoms with Crippen molar-refractivity contribution in [1.82, 2.24) is 0 Å². The minimum atomic E-state index is -1.48. The first-order valence-electron chi connectivity index (χ1n) is 3.16. The fourth-order valence-electron chi connectivity index (χ4n) is 0.393. The van der Waals surface area contributed by atoms with Crippen LogP contribution >= 0.6 is 0 Å². The highest BCUT2D eigenvalue weighted by Gasteiger charge is 2.10. The molecule has 0 aromatic carbocycles. The molecule has 0 saturated heterocycles. The van der Waals surface area contributed by atoms with Crippen LogP contribution in [0.25, 0.3) is 0 Å². The van der Waals surface area contributed by atoms with Crippen LogP contribution in [-0.2, 0) is 4.79 Å². The van der Waals surface area contributed by atoms with Gasteiger partial charge in [-0.3, -0.25) is 4.79 Å². The van der Waals surface area contributed by atoms with Crippen LogP contribution in [0.4, 0.5) is 0 Å². The van der Waals surface area contributed by atoms with Gasteiger partial charge in [0.15, 0.2) is 6.29 Å². The SMILES string of the molecule is C=C.CC(=O)C(N)CC(O)O. The van der Waals surface area contributed by atoms with E-state index in [2.05, 4.69) is 13.2 Å². The first-order valence-corrected chi connectivity index (χ1v) is 3.16. The van der Waals surface area contributed by atoms with Crippen molar-refractivity contribution in [3.8, 4) is 0 Å². The maximum Gasteiger partial charge on any atom is 0.153 e. The van der Waals surface area contributed by atoms with Gasteiger partial charge in [-0.2, -0.15) is 0 Å². The zero-order valence-corrected chi connectivity index (χ0v) is 6.66. The number of carbonyl (C=O) groups is 1. The minimum absolute atomic E-state index is 0.0880. The predicted octanol–water partition coefficient (Wildman–Crippen LogP) is -0.594. The molecular formula is C7H15NO3. The molecule has 1 unspecified atom stereocenters. The monoisotopic (exact) mass is 161 g/mol. The summed E-state index contributed by atoms with van der Waals surface area (Å²) in [6.45, 7) is 7.31. The van der Waals surface area contributed by atoms with E-state index in [4.69, 9.17) is 15.9 Å². The molecule has 0 amide bonds. The van der Waals surface area contributed by atoms with Crippen LogP contribution in [0.5, 0.6) is 0 Å². The van der Waals surface area contributed by atoms with E-state index in [1.807, 2.05) is 0 Å². The van der Waals surface area contributed by atoms with Gasteiger partial charge in [0.25, 0.3) is 0 Å². The van der Waals surface area contributed by atoms with Crippen LogP contribution in [-0.4, -0.2) is 28.3 Å². The Balaban J connectivity index is 0. The van der Waals surface area contributed by atoms with Crippen molar-refractivity contribution in [2.24, 2.45) is 5.73 Å². The number of Topliss-reactive ketones (excluding diaryl/α,β-unsaturated/α-hetero) is 1. The molecule has 4 N–H and O–H groups in total. The molecule has 0 heterocycles. The highest BCUT2D eigenvalue weighted by molar-refractivity contribution is 5.81. The fraction of sp³-hybridized carbons (Fsp3) is 0.571. The summed E-state index contributed by atoms with van der Waals surface area (Å²) in [5.74, 6) is -0.233. The average Bonchev–Trinajstić information content (AvgIpc) is 1.90. The van der Waals surface area contributed by atoms with E-state index in [-0.39, 0.29) is 12.2 Å². The van der Waals surface area contributed by atoms with Gasteiger partial charge in [-0.25, -0.2) is 0 Å². The van der Waals surface area contributed by atoms with E-state index in [0.29, 0.717) is 0 Å². The number of aliphatic hydroxyl groups is 2. The molecule has 0 aromatic rings. The Labute approximate surface area is 66.3 Å². The average molecular weight is 161 g/mol. The first kappa shape index (κ1) is 12.9. The van der Waals surface area contributed by atoms with Gasteiger partial charge >= 0.3 is 0 Å². The first-order chi connectivity index (χ1) is 5.04. The van der Waals surface area contributed by atoms with Gasteiger partial charge in [0.2, 0.25) is 0 Å². The molecule has 0 bridgehead atoms. The standard InChI is InChI=1S/C5H11NO3.C2H4/c1-3(7)4(6)2-5(8)9;1-2/h4-5,8-9H,2,6H2,1H3;1-2H2. The number of nitrogens with two attached hydrogens (primary N) is 1. The Morgan fingerprint density at radius 3 is 2.00 bits per heavy atom. The van der Waals surface area contributed by atoms with Gasteiger partial charge in [-0.15, -0.1) is 13.2 Å². The summed E-state index contributed by atoms with van der Waals surface area (Å²) in [4.78, 5) is 10.3. The third-order valence-electron chi connectivity index (χ3n) is 0.987. The maximum absolute atomic E-state index is 10.3. The summed E-state index contributed by atoms with van der Waals surface area (Å²) >= 11 is 0. The van der Waals surface area contributed by atoms with Gasteiger partial charge in [-0.05, 0) is 6.92 Å². The highest BCUT2D eigenvalue weighted by Crippen LogP contribution is 1.92. The molecule has 0 radical (unpaired) electrons. The molecule has 66 valence electrons. The molecule has 4 heteroatoms. The molecule has 0 saturated carbocycles. The quantitative estimate of drug-likeness (QED) is 0.381. The molecule has 4 nitrogen and oxygen atoms in total. The van der Waals surface area contributed by atoms with Crippen molar-refractivity contribution in [1.29, 1.82) is 0 Å². The molecular weight excluding hydrogens is 146 g/mol. The Morgan fingerprint density at radius 2 is 1.91 bits per heavy atom. The summed E-state index contributed by atoms with van der Waals surface area (Å²) < 4.78 is 0. The van der Waals surface area contributed by atoms with Gasteiger partial charge in [0.1, 0.15) is 5.78 Å². The fourth-order valence-corrected chi connectivity index (χ4v) is 0.393. The van der Waals surface area contributed by atoms with Crippen molar-refractivity contribution in [2.75, 3.05) is 0 Å². The zero-order valence-electron chi connectivity index (χ0n) is 6.66. The van der Waals surface area contributed by atoms with Crippen molar-refractivity contribution in [2.45, 2.75) is 25.7 Å². The van der Waals surface area contributed by atoms with Crippen LogP contribution in [0.15, 0.2) is 13.2 Å². The van der Waals surface area contributed by atoms with Gasteiger partial charge in [0.05, 0.1) is 6.04 Å². The van der Waals surface area contributed by atoms with Crippen LogP contribution in [0.3, 0.4) is 0 Å². The van der Waals surface area contributed by atoms with Crippen LogP contribution in [0, 0.1) is 0 Å². The number of hydrogen-bond donors (Lipinski definition) is 3. The Morgan fingerprint density at radius 1 is 1.55 bits per heavy atom. The predicted molar refractivity (Wildman–Crippen MR) is 42.8 cm³/mol. The third kappa shape index (κ3) is 9.29. The number of rotatable bonds is 3.